The molecule has 0 fully saturated rings. The average Bonchev–Trinajstić information content (AvgIpc) is 3.08. The predicted molar refractivity (Wildman–Crippen MR) is 96.7 cm³/mol. The van der Waals surface area contributed by atoms with Gasteiger partial charge in [-0.15, -0.1) is 0 Å². The number of rotatable bonds is 6. The Hall–Kier alpha value is -3.36. The second kappa shape index (κ2) is 8.12. The van der Waals surface area contributed by atoms with E-state index in [-0.39, 0.29) is 11.5 Å². The maximum Gasteiger partial charge on any atom is 0.287 e. The molecule has 2 heterocycles. The molecule has 0 atom stereocenters. The molecular weight excluding hydrogens is 373 g/mol. The van der Waals surface area contributed by atoms with Gasteiger partial charge in [0, 0.05) is 12.7 Å². The molecule has 0 aliphatic rings. The third kappa shape index (κ3) is 3.68. The molecule has 2 amide bonds. The Morgan fingerprint density at radius 2 is 1.86 bits per heavy atom. The maximum absolute atomic E-state index is 13.8. The number of halogens is 3. The van der Waals surface area contributed by atoms with Gasteiger partial charge in [0.2, 0.25) is 5.82 Å². The summed E-state index contributed by atoms with van der Waals surface area (Å²) in [5.74, 6) is -5.91. The molecule has 9 heteroatoms. The fourth-order valence-corrected chi connectivity index (χ4v) is 2.63. The van der Waals surface area contributed by atoms with Gasteiger partial charge in [-0.2, -0.15) is 0 Å². The van der Waals surface area contributed by atoms with Gasteiger partial charge in [0.05, 0.1) is 11.2 Å². The van der Waals surface area contributed by atoms with Gasteiger partial charge in [-0.25, -0.2) is 18.2 Å². The fourth-order valence-electron chi connectivity index (χ4n) is 2.63. The number of pyridine rings is 1. The van der Waals surface area contributed by atoms with Crippen molar-refractivity contribution in [1.82, 2.24) is 14.7 Å². The van der Waals surface area contributed by atoms with Crippen LogP contribution < -0.4 is 10.6 Å². The summed E-state index contributed by atoms with van der Waals surface area (Å²) >= 11 is 0. The number of aromatic nitrogens is 2. The van der Waals surface area contributed by atoms with E-state index in [1.54, 1.807) is 24.4 Å². The summed E-state index contributed by atoms with van der Waals surface area (Å²) in [5.41, 5.74) is -0.371. The molecule has 28 heavy (non-hydrogen) atoms. The number of unbranched alkanes of at least 4 members (excludes halogenated alkanes) is 1. The third-order valence-electron chi connectivity index (χ3n) is 4.07. The molecule has 0 saturated carbocycles. The summed E-state index contributed by atoms with van der Waals surface area (Å²) in [7, 11) is 0. The predicted octanol–water partition coefficient (Wildman–Crippen LogP) is 3.53. The van der Waals surface area contributed by atoms with Gasteiger partial charge in [0.25, 0.3) is 11.8 Å². The van der Waals surface area contributed by atoms with Gasteiger partial charge in [0.1, 0.15) is 0 Å². The van der Waals surface area contributed by atoms with Gasteiger partial charge in [-0.1, -0.05) is 19.4 Å². The van der Waals surface area contributed by atoms with E-state index >= 15 is 0 Å². The van der Waals surface area contributed by atoms with Crippen LogP contribution in [0.1, 0.15) is 40.9 Å². The number of imidazole rings is 1. The molecule has 2 aromatic heterocycles. The smallest absolute Gasteiger partial charge is 0.287 e. The molecular formula is C19H17F3N4O2. The lowest BCUT2D eigenvalue weighted by Gasteiger charge is -2.06. The highest BCUT2D eigenvalue weighted by molar-refractivity contribution is 6.09. The van der Waals surface area contributed by atoms with Crippen molar-refractivity contribution in [3.05, 3.63) is 65.5 Å². The monoisotopic (exact) mass is 390 g/mol. The van der Waals surface area contributed by atoms with Crippen LogP contribution in [0.4, 0.5) is 18.9 Å². The topological polar surface area (TPSA) is 75.5 Å². The van der Waals surface area contributed by atoms with E-state index in [1.807, 2.05) is 6.92 Å². The number of benzene rings is 1. The molecule has 0 aliphatic carbocycles. The van der Waals surface area contributed by atoms with Crippen molar-refractivity contribution in [3.8, 4) is 0 Å². The van der Waals surface area contributed by atoms with E-state index < -0.39 is 35.0 Å². The normalized spacial score (nSPS) is 10.9. The lowest BCUT2D eigenvalue weighted by atomic mass is 10.2. The maximum atomic E-state index is 13.8. The van der Waals surface area contributed by atoms with Gasteiger partial charge in [-0.3, -0.25) is 14.0 Å². The molecule has 0 spiro atoms. The Morgan fingerprint density at radius 3 is 2.61 bits per heavy atom. The Balaban J connectivity index is 1.94. The van der Waals surface area contributed by atoms with E-state index in [0.717, 1.165) is 18.9 Å². The molecule has 0 bridgehead atoms. The second-order valence-electron chi connectivity index (χ2n) is 6.03. The number of carbonyl (C=O) groups excluding carboxylic acids is 2. The van der Waals surface area contributed by atoms with Crippen molar-refractivity contribution in [2.75, 3.05) is 11.9 Å². The summed E-state index contributed by atoms with van der Waals surface area (Å²) in [6, 6.07) is 6.47. The minimum atomic E-state index is -1.69. The largest absolute Gasteiger partial charge is 0.349 e. The van der Waals surface area contributed by atoms with Crippen LogP contribution in [0.2, 0.25) is 0 Å². The summed E-state index contributed by atoms with van der Waals surface area (Å²) in [6.45, 7) is 2.44. The number of hydrogen-bond acceptors (Lipinski definition) is 3. The van der Waals surface area contributed by atoms with Crippen molar-refractivity contribution >= 4 is 23.0 Å². The van der Waals surface area contributed by atoms with E-state index in [4.69, 9.17) is 0 Å². The molecule has 146 valence electrons. The third-order valence-corrected chi connectivity index (χ3v) is 4.07. The Bertz CT molecular complexity index is 1050. The van der Waals surface area contributed by atoms with Crippen LogP contribution in [0, 0.1) is 17.5 Å². The molecule has 3 aromatic rings. The van der Waals surface area contributed by atoms with Crippen LogP contribution in [-0.4, -0.2) is 27.7 Å². The van der Waals surface area contributed by atoms with Gasteiger partial charge in [-0.05, 0) is 30.7 Å². The van der Waals surface area contributed by atoms with Crippen LogP contribution in [0.3, 0.4) is 0 Å². The van der Waals surface area contributed by atoms with Crippen molar-refractivity contribution in [1.29, 1.82) is 0 Å². The molecule has 3 rings (SSSR count). The number of fused-ring (bicyclic) bond motifs is 1. The number of anilines is 1. The van der Waals surface area contributed by atoms with Crippen molar-refractivity contribution in [2.24, 2.45) is 0 Å². The summed E-state index contributed by atoms with van der Waals surface area (Å²) in [6.07, 6.45) is 3.25. The lowest BCUT2D eigenvalue weighted by molar-refractivity contribution is 0.0942. The Morgan fingerprint density at radius 1 is 1.07 bits per heavy atom. The highest BCUT2D eigenvalue weighted by Crippen LogP contribution is 2.21. The molecule has 6 nitrogen and oxygen atoms in total. The molecule has 2 N–H and O–H groups in total. The van der Waals surface area contributed by atoms with Gasteiger partial charge in [0.15, 0.2) is 23.1 Å². The van der Waals surface area contributed by atoms with Crippen LogP contribution in [0.15, 0.2) is 36.5 Å². The zero-order valence-electron chi connectivity index (χ0n) is 14.9. The van der Waals surface area contributed by atoms with Gasteiger partial charge < -0.3 is 10.6 Å². The minimum Gasteiger partial charge on any atom is -0.349 e. The van der Waals surface area contributed by atoms with Crippen molar-refractivity contribution in [3.63, 3.8) is 0 Å². The van der Waals surface area contributed by atoms with E-state index in [9.17, 15) is 22.8 Å². The Labute approximate surface area is 158 Å². The number of nitrogens with one attached hydrogen (secondary N) is 2. The van der Waals surface area contributed by atoms with Crippen molar-refractivity contribution < 1.29 is 22.8 Å². The molecule has 0 aliphatic heterocycles. The lowest BCUT2D eigenvalue weighted by Crippen LogP contribution is -2.26. The zero-order valence-corrected chi connectivity index (χ0v) is 14.9. The van der Waals surface area contributed by atoms with Gasteiger partial charge >= 0.3 is 0 Å². The zero-order chi connectivity index (χ0) is 20.3. The minimum absolute atomic E-state index is 0.0115. The molecule has 0 radical (unpaired) electrons. The van der Waals surface area contributed by atoms with Crippen LogP contribution >= 0.6 is 0 Å². The summed E-state index contributed by atoms with van der Waals surface area (Å²) in [5, 5.41) is 4.87. The first-order chi connectivity index (χ1) is 13.4. The molecule has 0 unspecified atom stereocenters. The highest BCUT2D eigenvalue weighted by atomic mass is 19.2. The van der Waals surface area contributed by atoms with Crippen molar-refractivity contribution in [2.45, 2.75) is 19.8 Å². The fraction of sp³-hybridized carbons (Fsp3) is 0.211. The number of amides is 2. The van der Waals surface area contributed by atoms with E-state index in [0.29, 0.717) is 18.1 Å². The summed E-state index contributed by atoms with van der Waals surface area (Å²) in [4.78, 5) is 29.0. The number of hydrogen-bond donors (Lipinski definition) is 2. The second-order valence-corrected chi connectivity index (χ2v) is 6.03. The number of carbonyl (C=O) groups is 2. The summed E-state index contributed by atoms with van der Waals surface area (Å²) < 4.78 is 41.7. The van der Waals surface area contributed by atoms with E-state index in [2.05, 4.69) is 15.6 Å². The Kier molecular flexibility index (Phi) is 5.62. The average molecular weight is 390 g/mol. The quantitative estimate of drug-likeness (QED) is 0.499. The van der Waals surface area contributed by atoms with Crippen LogP contribution in [-0.2, 0) is 0 Å². The SMILES string of the molecule is CCCCNC(=O)c1nc(C(=O)Nc2ccc(F)c(F)c2F)c2ccccn12. The standard InChI is InChI=1S/C19H17F3N4O2/c1-2-3-9-23-19(28)17-25-16(13-6-4-5-10-26(13)17)18(27)24-12-8-7-11(20)14(21)15(12)22/h4-8,10H,2-3,9H2,1H3,(H,23,28)(H,24,27). The molecule has 0 saturated heterocycles. The first kappa shape index (κ1) is 19.4. The first-order valence-electron chi connectivity index (χ1n) is 8.64. The first-order valence-corrected chi connectivity index (χ1v) is 8.64. The number of nitrogens with zero attached hydrogens (tertiary/aromatic N) is 2. The van der Waals surface area contributed by atoms with Crippen LogP contribution in [0.5, 0.6) is 0 Å². The van der Waals surface area contributed by atoms with E-state index in [1.165, 1.54) is 4.40 Å². The molecule has 1 aromatic carbocycles. The highest BCUT2D eigenvalue weighted by Gasteiger charge is 2.23. The van der Waals surface area contributed by atoms with Crippen LogP contribution in [0.25, 0.3) is 5.52 Å².